The largest absolute Gasteiger partial charge is 0.496 e. The minimum atomic E-state index is -0.557. The lowest BCUT2D eigenvalue weighted by Gasteiger charge is -2.26. The molecular weight excluding hydrogens is 577 g/mol. The fourth-order valence-corrected chi connectivity index (χ4v) is 5.41. The number of halogens is 1. The van der Waals surface area contributed by atoms with E-state index < -0.39 is 5.82 Å². The van der Waals surface area contributed by atoms with Crippen LogP contribution in [0.15, 0.2) is 79.0 Å². The molecule has 1 fully saturated rings. The zero-order valence-corrected chi connectivity index (χ0v) is 25.2. The van der Waals surface area contributed by atoms with Crippen LogP contribution in [0, 0.1) is 5.82 Å². The van der Waals surface area contributed by atoms with Crippen LogP contribution in [0.25, 0.3) is 21.7 Å². The molecule has 6 rings (SSSR count). The Bertz CT molecular complexity index is 1830. The molecule has 5 aromatic rings. The van der Waals surface area contributed by atoms with Crippen molar-refractivity contribution in [2.24, 2.45) is 0 Å². The van der Waals surface area contributed by atoms with Crippen molar-refractivity contribution in [3.8, 4) is 28.7 Å². The van der Waals surface area contributed by atoms with Crippen molar-refractivity contribution in [3.05, 3.63) is 90.4 Å². The van der Waals surface area contributed by atoms with Gasteiger partial charge in [0.1, 0.15) is 11.5 Å². The quantitative estimate of drug-likeness (QED) is 0.165. The van der Waals surface area contributed by atoms with E-state index in [1.54, 1.807) is 80.0 Å². The molecule has 1 aliphatic rings. The first-order chi connectivity index (χ1) is 22.1. The molecule has 0 unspecified atom stereocenters. The van der Waals surface area contributed by atoms with Crippen LogP contribution in [0.3, 0.4) is 0 Å². The molecule has 0 saturated carbocycles. The van der Waals surface area contributed by atoms with E-state index in [-0.39, 0.29) is 11.7 Å². The average molecular weight is 612 g/mol. The maximum absolute atomic E-state index is 15.9. The summed E-state index contributed by atoms with van der Waals surface area (Å²) in [6.07, 6.45) is 2.47. The predicted molar refractivity (Wildman–Crippen MR) is 171 cm³/mol. The Labute approximate surface area is 260 Å². The van der Waals surface area contributed by atoms with Crippen molar-refractivity contribution < 1.29 is 32.9 Å². The summed E-state index contributed by atoms with van der Waals surface area (Å²) in [5.74, 6) is 1.08. The van der Waals surface area contributed by atoms with Gasteiger partial charge in [-0.1, -0.05) is 24.3 Å². The van der Waals surface area contributed by atoms with Crippen LogP contribution < -0.4 is 24.3 Å². The Balaban J connectivity index is 1.22. The van der Waals surface area contributed by atoms with Crippen molar-refractivity contribution in [2.75, 3.05) is 59.0 Å². The lowest BCUT2D eigenvalue weighted by atomic mass is 10.1. The molecule has 10 heteroatoms. The normalized spacial score (nSPS) is 13.5. The lowest BCUT2D eigenvalue weighted by Crippen LogP contribution is -2.37. The highest BCUT2D eigenvalue weighted by Gasteiger charge is 2.18. The first-order valence-electron chi connectivity index (χ1n) is 14.8. The Morgan fingerprint density at radius 1 is 0.867 bits per heavy atom. The van der Waals surface area contributed by atoms with Crippen LogP contribution in [-0.2, 0) is 4.74 Å². The highest BCUT2D eigenvalue weighted by atomic mass is 19.1. The van der Waals surface area contributed by atoms with E-state index in [1.807, 2.05) is 6.07 Å². The molecule has 1 saturated heterocycles. The molecule has 0 bridgehead atoms. The van der Waals surface area contributed by atoms with E-state index >= 15 is 4.39 Å². The summed E-state index contributed by atoms with van der Waals surface area (Å²) in [6, 6.07) is 20.5. The molecule has 1 aliphatic heterocycles. The molecule has 0 atom stereocenters. The smallest absolute Gasteiger partial charge is 0.259 e. The maximum Gasteiger partial charge on any atom is 0.259 e. The van der Waals surface area contributed by atoms with Gasteiger partial charge in [-0.25, -0.2) is 4.39 Å². The van der Waals surface area contributed by atoms with E-state index in [1.165, 1.54) is 7.11 Å². The average Bonchev–Trinajstić information content (AvgIpc) is 3.08. The third-order valence-corrected chi connectivity index (χ3v) is 7.75. The summed E-state index contributed by atoms with van der Waals surface area (Å²) in [6.45, 7) is 4.86. The third-order valence-electron chi connectivity index (χ3n) is 7.75. The van der Waals surface area contributed by atoms with Crippen LogP contribution in [0.5, 0.6) is 28.7 Å². The van der Waals surface area contributed by atoms with Crippen molar-refractivity contribution in [1.82, 2.24) is 9.88 Å². The number of hydrogen-bond acceptors (Lipinski definition) is 8. The van der Waals surface area contributed by atoms with E-state index in [2.05, 4.69) is 15.2 Å². The molecule has 0 aliphatic carbocycles. The number of amides is 1. The molecule has 232 valence electrons. The standard InChI is InChI=1S/C35H34FN3O6/c1-41-29-10-4-3-7-25(29)35(40)38-27-9-5-8-24-23(27)11-12-31(34(24)36)45-30-13-14-37-28-22-33(32(42-2)21-26(28)30)44-18-6-15-39-16-19-43-20-17-39/h3-5,7-14,21-22H,6,15-20H2,1-2H3,(H,38,40). The number of aromatic nitrogens is 1. The molecule has 45 heavy (non-hydrogen) atoms. The molecule has 4 aromatic carbocycles. The molecule has 0 radical (unpaired) electrons. The fourth-order valence-electron chi connectivity index (χ4n) is 5.41. The number of anilines is 1. The zero-order valence-electron chi connectivity index (χ0n) is 25.2. The Hall–Kier alpha value is -4.93. The second-order valence-electron chi connectivity index (χ2n) is 10.5. The minimum absolute atomic E-state index is 0.0330. The summed E-state index contributed by atoms with van der Waals surface area (Å²) in [7, 11) is 3.08. The zero-order chi connectivity index (χ0) is 31.2. The number of ether oxygens (including phenoxy) is 5. The van der Waals surface area contributed by atoms with Gasteiger partial charge in [0.15, 0.2) is 23.1 Å². The first kappa shape index (κ1) is 30.1. The van der Waals surface area contributed by atoms with E-state index in [0.29, 0.717) is 62.5 Å². The van der Waals surface area contributed by atoms with Gasteiger partial charge in [0.2, 0.25) is 0 Å². The predicted octanol–water partition coefficient (Wildman–Crippen LogP) is 6.69. The number of benzene rings is 4. The summed E-state index contributed by atoms with van der Waals surface area (Å²) in [5, 5.41) is 4.36. The number of rotatable bonds is 11. The SMILES string of the molecule is COc1cc2c(Oc3ccc4c(NC(=O)c5ccccc5OC)cccc4c3F)ccnc2cc1OCCCN1CCOCC1. The van der Waals surface area contributed by atoms with E-state index in [0.717, 1.165) is 39.3 Å². The number of nitrogens with zero attached hydrogens (tertiary/aromatic N) is 2. The van der Waals surface area contributed by atoms with Crippen LogP contribution in [-0.4, -0.2) is 69.5 Å². The second-order valence-corrected chi connectivity index (χ2v) is 10.5. The monoisotopic (exact) mass is 611 g/mol. The van der Waals surface area contributed by atoms with Gasteiger partial charge in [-0.2, -0.15) is 0 Å². The van der Waals surface area contributed by atoms with Crippen molar-refractivity contribution in [1.29, 1.82) is 0 Å². The molecule has 1 aromatic heterocycles. The van der Waals surface area contributed by atoms with Gasteiger partial charge >= 0.3 is 0 Å². The van der Waals surface area contributed by atoms with Gasteiger partial charge in [0, 0.05) is 53.7 Å². The second kappa shape index (κ2) is 13.8. The number of morpholine rings is 1. The number of fused-ring (bicyclic) bond motifs is 2. The highest BCUT2D eigenvalue weighted by Crippen LogP contribution is 2.39. The number of para-hydroxylation sites is 1. The topological polar surface area (TPSA) is 91.4 Å². The Morgan fingerprint density at radius 2 is 1.69 bits per heavy atom. The maximum atomic E-state index is 15.9. The molecule has 0 spiro atoms. The molecule has 2 heterocycles. The Morgan fingerprint density at radius 3 is 2.51 bits per heavy atom. The summed E-state index contributed by atoms with van der Waals surface area (Å²) in [5.41, 5.74) is 1.46. The van der Waals surface area contributed by atoms with Gasteiger partial charge in [0.25, 0.3) is 5.91 Å². The molecule has 1 N–H and O–H groups in total. The van der Waals surface area contributed by atoms with Gasteiger partial charge in [-0.05, 0) is 48.9 Å². The number of pyridine rings is 1. The fraction of sp³-hybridized carbons (Fsp3) is 0.257. The van der Waals surface area contributed by atoms with E-state index in [9.17, 15) is 4.79 Å². The first-order valence-corrected chi connectivity index (χ1v) is 14.8. The molecule has 1 amide bonds. The van der Waals surface area contributed by atoms with Crippen molar-refractivity contribution >= 4 is 33.3 Å². The summed E-state index contributed by atoms with van der Waals surface area (Å²) < 4.78 is 44.5. The van der Waals surface area contributed by atoms with Gasteiger partial charge < -0.3 is 29.0 Å². The summed E-state index contributed by atoms with van der Waals surface area (Å²) in [4.78, 5) is 19.9. The number of methoxy groups -OCH3 is 2. The highest BCUT2D eigenvalue weighted by molar-refractivity contribution is 6.10. The van der Waals surface area contributed by atoms with Crippen molar-refractivity contribution in [2.45, 2.75) is 6.42 Å². The number of carbonyl (C=O) groups is 1. The van der Waals surface area contributed by atoms with Crippen LogP contribution in [0.1, 0.15) is 16.8 Å². The van der Waals surface area contributed by atoms with Crippen molar-refractivity contribution in [3.63, 3.8) is 0 Å². The minimum Gasteiger partial charge on any atom is -0.496 e. The van der Waals surface area contributed by atoms with Gasteiger partial charge in [-0.15, -0.1) is 0 Å². The van der Waals surface area contributed by atoms with Crippen LogP contribution in [0.2, 0.25) is 0 Å². The van der Waals surface area contributed by atoms with Crippen LogP contribution >= 0.6 is 0 Å². The third kappa shape index (κ3) is 6.62. The van der Waals surface area contributed by atoms with Crippen LogP contribution in [0.4, 0.5) is 10.1 Å². The molecule has 9 nitrogen and oxygen atoms in total. The Kier molecular flexibility index (Phi) is 9.23. The van der Waals surface area contributed by atoms with E-state index in [4.69, 9.17) is 23.7 Å². The lowest BCUT2D eigenvalue weighted by molar-refractivity contribution is 0.0357. The molecular formula is C35H34FN3O6. The van der Waals surface area contributed by atoms with Gasteiger partial charge in [0.05, 0.1) is 45.1 Å². The number of hydrogen-bond donors (Lipinski definition) is 1. The number of carbonyl (C=O) groups excluding carboxylic acids is 1. The number of nitrogens with one attached hydrogen (secondary N) is 1. The van der Waals surface area contributed by atoms with Gasteiger partial charge in [-0.3, -0.25) is 14.7 Å². The summed E-state index contributed by atoms with van der Waals surface area (Å²) >= 11 is 0.